The number of unbranched alkanes of at least 4 members (excludes halogenated alkanes) is 3. The number of carboxylic acid groups (broad SMARTS) is 1. The van der Waals surface area contributed by atoms with Crippen molar-refractivity contribution in [2.45, 2.75) is 103 Å². The number of allylic oxidation sites excluding steroid dienone is 2. The number of aliphatic hydroxyl groups excluding tert-OH is 1. The van der Waals surface area contributed by atoms with Gasteiger partial charge in [0.2, 0.25) is 0 Å². The Bertz CT molecular complexity index is 504. The molecule has 4 nitrogen and oxygen atoms in total. The molecule has 2 aliphatic carbocycles. The number of aliphatic carboxylic acids is 1. The second-order valence-electron chi connectivity index (χ2n) is 8.50. The van der Waals surface area contributed by atoms with Gasteiger partial charge in [-0.2, -0.15) is 0 Å². The van der Waals surface area contributed by atoms with Gasteiger partial charge in [-0.15, -0.1) is 0 Å². The Labute approximate surface area is 158 Å². The van der Waals surface area contributed by atoms with Gasteiger partial charge in [-0.3, -0.25) is 9.59 Å². The van der Waals surface area contributed by atoms with Gasteiger partial charge in [0.25, 0.3) is 0 Å². The Morgan fingerprint density at radius 2 is 1.88 bits per heavy atom. The molecule has 0 aromatic rings. The average molecular weight is 365 g/mol. The van der Waals surface area contributed by atoms with Crippen molar-refractivity contribution in [1.82, 2.24) is 0 Å². The number of carboxylic acids is 1. The van der Waals surface area contributed by atoms with Crippen LogP contribution in [0.2, 0.25) is 0 Å². The van der Waals surface area contributed by atoms with Crippen LogP contribution in [0.5, 0.6) is 0 Å². The standard InChI is InChI=1S/C22H36O4/c1-22(16-8-3-2-7-11-21(25)26)18(13-15-20(22)24)12-14-19(23)17-9-5-4-6-10-17/h13,17,19,23H,2-12,14-16H2,1H3,(H,25,26)/t19-,22+/m0/s1. The van der Waals surface area contributed by atoms with Crippen molar-refractivity contribution in [3.8, 4) is 0 Å². The maximum absolute atomic E-state index is 12.5. The third-order valence-corrected chi connectivity index (χ3v) is 6.58. The molecular formula is C22H36O4. The molecule has 0 radical (unpaired) electrons. The summed E-state index contributed by atoms with van der Waals surface area (Å²) in [5.74, 6) is 0.0248. The Hall–Kier alpha value is -1.16. The second kappa shape index (κ2) is 10.2. The summed E-state index contributed by atoms with van der Waals surface area (Å²) in [6, 6.07) is 0. The van der Waals surface area contributed by atoms with Crippen LogP contribution in [0, 0.1) is 11.3 Å². The summed E-state index contributed by atoms with van der Waals surface area (Å²) >= 11 is 0. The van der Waals surface area contributed by atoms with Gasteiger partial charge < -0.3 is 10.2 Å². The number of hydrogen-bond donors (Lipinski definition) is 2. The normalized spacial score (nSPS) is 25.3. The highest BCUT2D eigenvalue weighted by Gasteiger charge is 2.39. The van der Waals surface area contributed by atoms with E-state index in [0.717, 1.165) is 57.8 Å². The second-order valence-corrected chi connectivity index (χ2v) is 8.50. The van der Waals surface area contributed by atoms with Crippen LogP contribution in [0.1, 0.15) is 96.8 Å². The lowest BCUT2D eigenvalue weighted by atomic mass is 9.75. The molecule has 1 saturated carbocycles. The van der Waals surface area contributed by atoms with Crippen LogP contribution in [-0.4, -0.2) is 28.1 Å². The Kier molecular flexibility index (Phi) is 8.33. The molecule has 2 aliphatic rings. The molecule has 0 unspecified atom stereocenters. The van der Waals surface area contributed by atoms with Crippen molar-refractivity contribution in [2.24, 2.45) is 11.3 Å². The Balaban J connectivity index is 1.75. The summed E-state index contributed by atoms with van der Waals surface area (Å²) < 4.78 is 0. The minimum Gasteiger partial charge on any atom is -0.481 e. The number of rotatable bonds is 11. The molecule has 0 aromatic carbocycles. The maximum atomic E-state index is 12.5. The number of carbonyl (C=O) groups excluding carboxylic acids is 1. The number of ketones is 1. The van der Waals surface area contributed by atoms with Crippen LogP contribution in [0.15, 0.2) is 11.6 Å². The number of carbonyl (C=O) groups is 2. The van der Waals surface area contributed by atoms with Crippen LogP contribution in [-0.2, 0) is 9.59 Å². The summed E-state index contributed by atoms with van der Waals surface area (Å²) in [5.41, 5.74) is 0.863. The summed E-state index contributed by atoms with van der Waals surface area (Å²) in [4.78, 5) is 23.0. The minimum absolute atomic E-state index is 0.229. The first-order valence-electron chi connectivity index (χ1n) is 10.6. The zero-order valence-electron chi connectivity index (χ0n) is 16.3. The predicted octanol–water partition coefficient (Wildman–Crippen LogP) is 5.04. The Morgan fingerprint density at radius 1 is 1.19 bits per heavy atom. The van der Waals surface area contributed by atoms with Crippen molar-refractivity contribution in [1.29, 1.82) is 0 Å². The average Bonchev–Trinajstić information content (AvgIpc) is 2.91. The minimum atomic E-state index is -0.732. The molecule has 0 aliphatic heterocycles. The fourth-order valence-corrected chi connectivity index (χ4v) is 4.69. The van der Waals surface area contributed by atoms with E-state index in [4.69, 9.17) is 5.11 Å². The van der Waals surface area contributed by atoms with Gasteiger partial charge >= 0.3 is 5.97 Å². The first-order valence-corrected chi connectivity index (χ1v) is 10.6. The zero-order valence-corrected chi connectivity index (χ0v) is 16.3. The summed E-state index contributed by atoms with van der Waals surface area (Å²) in [6.07, 6.45) is 14.7. The fourth-order valence-electron chi connectivity index (χ4n) is 4.69. The highest BCUT2D eigenvalue weighted by molar-refractivity contribution is 5.91. The highest BCUT2D eigenvalue weighted by atomic mass is 16.4. The summed E-state index contributed by atoms with van der Waals surface area (Å²) in [5, 5.41) is 19.2. The molecule has 0 amide bonds. The molecule has 0 heterocycles. The molecule has 1 fully saturated rings. The van der Waals surface area contributed by atoms with Gasteiger partial charge in [-0.05, 0) is 51.4 Å². The van der Waals surface area contributed by atoms with Gasteiger partial charge in [0, 0.05) is 18.3 Å². The van der Waals surface area contributed by atoms with Gasteiger partial charge in [0.05, 0.1) is 6.10 Å². The van der Waals surface area contributed by atoms with E-state index in [1.807, 2.05) is 0 Å². The van der Waals surface area contributed by atoms with Gasteiger partial charge in [-0.25, -0.2) is 0 Å². The van der Waals surface area contributed by atoms with E-state index in [1.54, 1.807) is 0 Å². The summed E-state index contributed by atoms with van der Waals surface area (Å²) in [7, 11) is 0. The van der Waals surface area contributed by atoms with E-state index in [2.05, 4.69) is 13.0 Å². The SMILES string of the molecule is C[C@]1(CCCCCCC(=O)O)C(=O)CC=C1CC[C@H](O)C1CCCCC1. The number of hydrogen-bond acceptors (Lipinski definition) is 3. The molecule has 0 aromatic heterocycles. The van der Waals surface area contributed by atoms with Crippen LogP contribution < -0.4 is 0 Å². The molecular weight excluding hydrogens is 328 g/mol. The van der Waals surface area contributed by atoms with E-state index in [9.17, 15) is 14.7 Å². The van der Waals surface area contributed by atoms with Crippen LogP contribution >= 0.6 is 0 Å². The van der Waals surface area contributed by atoms with E-state index >= 15 is 0 Å². The maximum Gasteiger partial charge on any atom is 0.303 e. The quantitative estimate of drug-likeness (QED) is 0.398. The van der Waals surface area contributed by atoms with E-state index in [-0.39, 0.29) is 17.9 Å². The van der Waals surface area contributed by atoms with Crippen molar-refractivity contribution < 1.29 is 19.8 Å². The van der Waals surface area contributed by atoms with Crippen molar-refractivity contribution in [3.05, 3.63) is 11.6 Å². The number of Topliss-reactive ketones (excluding diaryl/α,β-unsaturated/α-hetero) is 1. The fraction of sp³-hybridized carbons (Fsp3) is 0.818. The molecule has 26 heavy (non-hydrogen) atoms. The van der Waals surface area contributed by atoms with Gasteiger partial charge in [0.15, 0.2) is 0 Å². The highest BCUT2D eigenvalue weighted by Crippen LogP contribution is 2.43. The lowest BCUT2D eigenvalue weighted by Gasteiger charge is -2.30. The van der Waals surface area contributed by atoms with Gasteiger partial charge in [-0.1, -0.05) is 50.2 Å². The smallest absolute Gasteiger partial charge is 0.303 e. The monoisotopic (exact) mass is 364 g/mol. The lowest BCUT2D eigenvalue weighted by Crippen LogP contribution is -2.27. The summed E-state index contributed by atoms with van der Waals surface area (Å²) in [6.45, 7) is 2.07. The third-order valence-electron chi connectivity index (χ3n) is 6.58. The zero-order chi connectivity index (χ0) is 19.0. The molecule has 4 heteroatoms. The molecule has 2 atom stereocenters. The van der Waals surface area contributed by atoms with E-state index in [0.29, 0.717) is 18.1 Å². The Morgan fingerprint density at radius 3 is 2.58 bits per heavy atom. The van der Waals surface area contributed by atoms with Crippen molar-refractivity contribution in [2.75, 3.05) is 0 Å². The topological polar surface area (TPSA) is 74.6 Å². The van der Waals surface area contributed by atoms with Crippen LogP contribution in [0.4, 0.5) is 0 Å². The largest absolute Gasteiger partial charge is 0.481 e. The van der Waals surface area contributed by atoms with Crippen LogP contribution in [0.25, 0.3) is 0 Å². The van der Waals surface area contributed by atoms with E-state index < -0.39 is 5.97 Å². The molecule has 2 rings (SSSR count). The third kappa shape index (κ3) is 5.94. The van der Waals surface area contributed by atoms with Crippen LogP contribution in [0.3, 0.4) is 0 Å². The van der Waals surface area contributed by atoms with E-state index in [1.165, 1.54) is 24.8 Å². The molecule has 0 bridgehead atoms. The predicted molar refractivity (Wildman–Crippen MR) is 103 cm³/mol. The number of aliphatic hydroxyl groups is 1. The molecule has 2 N–H and O–H groups in total. The van der Waals surface area contributed by atoms with Gasteiger partial charge in [0.1, 0.15) is 5.78 Å². The van der Waals surface area contributed by atoms with Crippen molar-refractivity contribution in [3.63, 3.8) is 0 Å². The molecule has 0 spiro atoms. The first kappa shape index (κ1) is 21.1. The molecule has 148 valence electrons. The first-order chi connectivity index (χ1) is 12.4. The lowest BCUT2D eigenvalue weighted by molar-refractivity contribution is -0.137. The van der Waals surface area contributed by atoms with Crippen molar-refractivity contribution >= 4 is 11.8 Å². The molecule has 0 saturated heterocycles.